The summed E-state index contributed by atoms with van der Waals surface area (Å²) >= 11 is 1.69. The van der Waals surface area contributed by atoms with Gasteiger partial charge in [0.25, 0.3) is 0 Å². The normalized spacial score (nSPS) is 14.2. The van der Waals surface area contributed by atoms with Gasteiger partial charge in [-0.05, 0) is 75.9 Å². The number of hydrogen-bond acceptors (Lipinski definition) is 7. The monoisotopic (exact) mass is 497 g/mol. The van der Waals surface area contributed by atoms with E-state index >= 15 is 0 Å². The molecular weight excluding hydrogens is 462 g/mol. The van der Waals surface area contributed by atoms with E-state index in [9.17, 15) is 4.79 Å². The Morgan fingerprint density at radius 3 is 2.49 bits per heavy atom. The number of thiazole rings is 1. The molecule has 2 aromatic carbocycles. The molecule has 0 bridgehead atoms. The minimum absolute atomic E-state index is 0.0458. The molecule has 4 rings (SSSR count). The number of carbonyl (C=O) groups is 1. The highest BCUT2D eigenvalue weighted by Gasteiger charge is 2.26. The Bertz CT molecular complexity index is 1120. The number of nitrogens with zero attached hydrogens (tertiary/aromatic N) is 2. The van der Waals surface area contributed by atoms with Gasteiger partial charge in [-0.15, -0.1) is 0 Å². The fraction of sp³-hybridized carbons (Fsp3) is 0.481. The van der Waals surface area contributed by atoms with Crippen LogP contribution in [0.25, 0.3) is 10.2 Å². The van der Waals surface area contributed by atoms with Crippen molar-refractivity contribution in [1.82, 2.24) is 10.3 Å². The molecule has 7 nitrogen and oxygen atoms in total. The Morgan fingerprint density at radius 2 is 1.74 bits per heavy atom. The van der Waals surface area contributed by atoms with Gasteiger partial charge in [-0.1, -0.05) is 17.4 Å². The van der Waals surface area contributed by atoms with Gasteiger partial charge in [0.05, 0.1) is 30.0 Å². The highest BCUT2D eigenvalue weighted by atomic mass is 32.1. The van der Waals surface area contributed by atoms with Crippen LogP contribution >= 0.6 is 11.3 Å². The molecule has 0 unspecified atom stereocenters. The zero-order valence-electron chi connectivity index (χ0n) is 20.8. The van der Waals surface area contributed by atoms with Crippen molar-refractivity contribution in [3.63, 3.8) is 0 Å². The molecule has 1 aromatic heterocycles. The molecule has 0 radical (unpaired) electrons. The molecule has 188 valence electrons. The number of piperidine rings is 1. The summed E-state index contributed by atoms with van der Waals surface area (Å²) < 4.78 is 18.1. The zero-order valence-corrected chi connectivity index (χ0v) is 21.7. The fourth-order valence-corrected chi connectivity index (χ4v) is 5.39. The Hall–Kier alpha value is -3.00. The Balaban J connectivity index is 1.26. The van der Waals surface area contributed by atoms with E-state index in [2.05, 4.69) is 16.3 Å². The van der Waals surface area contributed by atoms with Crippen molar-refractivity contribution >= 4 is 32.6 Å². The first kappa shape index (κ1) is 25.1. The van der Waals surface area contributed by atoms with E-state index < -0.39 is 0 Å². The lowest BCUT2D eigenvalue weighted by molar-refractivity contribution is -0.125. The van der Waals surface area contributed by atoms with Crippen molar-refractivity contribution in [2.75, 3.05) is 44.4 Å². The third-order valence-corrected chi connectivity index (χ3v) is 7.20. The molecular formula is C27H35N3O4S. The summed E-state index contributed by atoms with van der Waals surface area (Å²) in [4.78, 5) is 19.9. The molecule has 0 spiro atoms. The maximum absolute atomic E-state index is 12.8. The molecule has 0 aliphatic carbocycles. The number of hydrogen-bond donors (Lipinski definition) is 1. The van der Waals surface area contributed by atoms with Crippen LogP contribution in [0.3, 0.4) is 0 Å². The summed E-state index contributed by atoms with van der Waals surface area (Å²) in [5, 5.41) is 4.15. The van der Waals surface area contributed by atoms with E-state index in [-0.39, 0.29) is 11.8 Å². The first-order valence-electron chi connectivity index (χ1n) is 12.6. The summed E-state index contributed by atoms with van der Waals surface area (Å²) in [5.41, 5.74) is 2.12. The van der Waals surface area contributed by atoms with Gasteiger partial charge in [-0.3, -0.25) is 4.79 Å². The number of aromatic nitrogens is 1. The topological polar surface area (TPSA) is 72.9 Å². The first-order valence-corrected chi connectivity index (χ1v) is 13.4. The van der Waals surface area contributed by atoms with Gasteiger partial charge in [0, 0.05) is 25.6 Å². The quantitative estimate of drug-likeness (QED) is 0.399. The van der Waals surface area contributed by atoms with Crippen LogP contribution in [0.5, 0.6) is 17.2 Å². The number of benzene rings is 2. The predicted molar refractivity (Wildman–Crippen MR) is 141 cm³/mol. The van der Waals surface area contributed by atoms with E-state index in [4.69, 9.17) is 19.2 Å². The predicted octanol–water partition coefficient (Wildman–Crippen LogP) is 5.07. The van der Waals surface area contributed by atoms with Crippen LogP contribution < -0.4 is 24.4 Å². The standard InChI is InChI=1S/C27H35N3O4S/c1-4-32-21-8-9-22-25(18-21)35-27(29-22)30-15-12-20(13-16-30)26(31)28-14-11-19-7-10-23(33-5-2)24(17-19)34-6-3/h7-10,17-18,20H,4-6,11-16H2,1-3H3,(H,28,31). The maximum atomic E-state index is 12.8. The molecule has 8 heteroatoms. The highest BCUT2D eigenvalue weighted by molar-refractivity contribution is 7.22. The van der Waals surface area contributed by atoms with Gasteiger partial charge in [-0.2, -0.15) is 0 Å². The largest absolute Gasteiger partial charge is 0.494 e. The molecule has 1 aliphatic heterocycles. The van der Waals surface area contributed by atoms with Gasteiger partial charge in [0.2, 0.25) is 5.91 Å². The molecule has 2 heterocycles. The Morgan fingerprint density at radius 1 is 1.00 bits per heavy atom. The average Bonchev–Trinajstić information content (AvgIpc) is 3.29. The molecule has 1 aliphatic rings. The van der Waals surface area contributed by atoms with E-state index in [1.807, 2.05) is 51.1 Å². The minimum atomic E-state index is 0.0458. The number of anilines is 1. The fourth-order valence-electron chi connectivity index (χ4n) is 4.34. The van der Waals surface area contributed by atoms with E-state index in [1.165, 1.54) is 0 Å². The van der Waals surface area contributed by atoms with Crippen molar-refractivity contribution in [2.24, 2.45) is 5.92 Å². The van der Waals surface area contributed by atoms with Crippen LogP contribution in [0, 0.1) is 5.92 Å². The second-order valence-corrected chi connectivity index (χ2v) is 9.52. The maximum Gasteiger partial charge on any atom is 0.223 e. The SMILES string of the molecule is CCOc1ccc2nc(N3CCC(C(=O)NCCc4ccc(OCC)c(OCC)c4)CC3)sc2c1. The van der Waals surface area contributed by atoms with Crippen molar-refractivity contribution < 1.29 is 19.0 Å². The van der Waals surface area contributed by atoms with Crippen LogP contribution in [0.2, 0.25) is 0 Å². The van der Waals surface area contributed by atoms with Crippen LogP contribution in [-0.2, 0) is 11.2 Å². The lowest BCUT2D eigenvalue weighted by Gasteiger charge is -2.31. The number of nitrogens with one attached hydrogen (secondary N) is 1. The number of carbonyl (C=O) groups excluding carboxylic acids is 1. The zero-order chi connectivity index (χ0) is 24.6. The second-order valence-electron chi connectivity index (χ2n) is 8.51. The van der Waals surface area contributed by atoms with Crippen LogP contribution in [-0.4, -0.2) is 50.3 Å². The molecule has 1 saturated heterocycles. The van der Waals surface area contributed by atoms with E-state index in [0.29, 0.717) is 26.4 Å². The molecule has 3 aromatic rings. The van der Waals surface area contributed by atoms with Crippen molar-refractivity contribution in [1.29, 1.82) is 0 Å². The number of ether oxygens (including phenoxy) is 3. The lowest BCUT2D eigenvalue weighted by Crippen LogP contribution is -2.41. The second kappa shape index (κ2) is 12.1. The van der Waals surface area contributed by atoms with Crippen LogP contribution in [0.4, 0.5) is 5.13 Å². The van der Waals surface area contributed by atoms with Gasteiger partial charge in [-0.25, -0.2) is 4.98 Å². The molecule has 1 fully saturated rings. The summed E-state index contributed by atoms with van der Waals surface area (Å²) in [7, 11) is 0. The summed E-state index contributed by atoms with van der Waals surface area (Å²) in [6.07, 6.45) is 2.43. The number of rotatable bonds is 11. The summed E-state index contributed by atoms with van der Waals surface area (Å²) in [6.45, 7) is 10.0. The van der Waals surface area contributed by atoms with Gasteiger partial charge in [0.15, 0.2) is 16.6 Å². The minimum Gasteiger partial charge on any atom is -0.494 e. The third-order valence-electron chi connectivity index (χ3n) is 6.12. The van der Waals surface area contributed by atoms with Crippen LogP contribution in [0.1, 0.15) is 39.2 Å². The third kappa shape index (κ3) is 6.36. The summed E-state index contributed by atoms with van der Waals surface area (Å²) in [5.74, 6) is 2.59. The Kier molecular flexibility index (Phi) is 8.69. The van der Waals surface area contributed by atoms with Gasteiger partial charge >= 0.3 is 0 Å². The molecule has 0 atom stereocenters. The number of amides is 1. The van der Waals surface area contributed by atoms with Crippen molar-refractivity contribution in [3.8, 4) is 17.2 Å². The van der Waals surface area contributed by atoms with E-state index in [0.717, 1.165) is 70.5 Å². The van der Waals surface area contributed by atoms with Gasteiger partial charge < -0.3 is 24.4 Å². The molecule has 1 amide bonds. The Labute approximate surface area is 211 Å². The van der Waals surface area contributed by atoms with Crippen LogP contribution in [0.15, 0.2) is 36.4 Å². The van der Waals surface area contributed by atoms with Crippen molar-refractivity contribution in [2.45, 2.75) is 40.0 Å². The smallest absolute Gasteiger partial charge is 0.223 e. The molecule has 0 saturated carbocycles. The highest BCUT2D eigenvalue weighted by Crippen LogP contribution is 2.33. The van der Waals surface area contributed by atoms with E-state index in [1.54, 1.807) is 11.3 Å². The number of fused-ring (bicyclic) bond motifs is 1. The molecule has 1 N–H and O–H groups in total. The first-order chi connectivity index (χ1) is 17.1. The average molecular weight is 498 g/mol. The lowest BCUT2D eigenvalue weighted by atomic mass is 9.96. The van der Waals surface area contributed by atoms with Crippen molar-refractivity contribution in [3.05, 3.63) is 42.0 Å². The molecule has 35 heavy (non-hydrogen) atoms. The summed E-state index contributed by atoms with van der Waals surface area (Å²) in [6, 6.07) is 12.0. The van der Waals surface area contributed by atoms with Gasteiger partial charge in [0.1, 0.15) is 5.75 Å².